The summed E-state index contributed by atoms with van der Waals surface area (Å²) >= 11 is 9.20. The van der Waals surface area contributed by atoms with Gasteiger partial charge in [0, 0.05) is 15.1 Å². The average Bonchev–Trinajstić information content (AvgIpc) is 3.10. The summed E-state index contributed by atoms with van der Waals surface area (Å²) in [7, 11) is 0. The molecule has 0 N–H and O–H groups in total. The van der Waals surface area contributed by atoms with Crippen molar-refractivity contribution in [2.45, 2.75) is 0 Å². The molecule has 148 valence electrons. The normalized spacial score (nSPS) is 14.4. The van der Waals surface area contributed by atoms with Gasteiger partial charge in [-0.2, -0.15) is 0 Å². The van der Waals surface area contributed by atoms with Crippen LogP contribution in [-0.2, 0) is 9.53 Å². The van der Waals surface area contributed by atoms with E-state index in [0.29, 0.717) is 27.5 Å². The van der Waals surface area contributed by atoms with Crippen molar-refractivity contribution in [2.75, 3.05) is 0 Å². The molecule has 0 saturated carbocycles. The minimum atomic E-state index is -0.537. The van der Waals surface area contributed by atoms with E-state index in [-0.39, 0.29) is 11.6 Å². The van der Waals surface area contributed by atoms with Crippen molar-refractivity contribution >= 4 is 51.4 Å². The fourth-order valence-corrected chi connectivity index (χ4v) is 3.22. The Morgan fingerprint density at radius 1 is 1.03 bits per heavy atom. The van der Waals surface area contributed by atoms with E-state index in [1.165, 1.54) is 0 Å². The van der Waals surface area contributed by atoms with Gasteiger partial charge in [0.05, 0.1) is 5.56 Å². The minimum Gasteiger partial charge on any atom is -0.423 e. The van der Waals surface area contributed by atoms with E-state index in [0.717, 1.165) is 4.47 Å². The van der Waals surface area contributed by atoms with E-state index < -0.39 is 11.9 Å². The molecule has 5 nitrogen and oxygen atoms in total. The fourth-order valence-electron chi connectivity index (χ4n) is 2.70. The summed E-state index contributed by atoms with van der Waals surface area (Å²) < 4.78 is 11.4. The molecule has 0 atom stereocenters. The number of halogens is 2. The van der Waals surface area contributed by atoms with Crippen LogP contribution in [0.2, 0.25) is 5.02 Å². The number of cyclic esters (lactones) is 1. The van der Waals surface area contributed by atoms with Gasteiger partial charge in [-0.3, -0.25) is 0 Å². The molecule has 0 aliphatic carbocycles. The number of ether oxygens (including phenoxy) is 2. The Labute approximate surface area is 185 Å². The number of carbonyl (C=O) groups is 2. The van der Waals surface area contributed by atoms with Gasteiger partial charge in [-0.1, -0.05) is 45.7 Å². The fraction of sp³-hybridized carbons (Fsp3) is 0. The molecule has 3 aromatic rings. The summed E-state index contributed by atoms with van der Waals surface area (Å²) in [5.74, 6) is -0.381. The Bertz CT molecular complexity index is 1180. The molecule has 3 aromatic carbocycles. The SMILES string of the molecule is O=C1OC(c2ccc(Cl)cc2)=N/C1=C\c1ccc(OC(=O)c2cccc(Br)c2)cc1. The van der Waals surface area contributed by atoms with Gasteiger partial charge in [-0.15, -0.1) is 0 Å². The molecular formula is C23H13BrClNO4. The largest absolute Gasteiger partial charge is 0.423 e. The van der Waals surface area contributed by atoms with Crippen molar-refractivity contribution in [1.82, 2.24) is 0 Å². The third-order valence-electron chi connectivity index (χ3n) is 4.17. The molecular weight excluding hydrogens is 470 g/mol. The van der Waals surface area contributed by atoms with Crippen LogP contribution in [0.1, 0.15) is 21.5 Å². The molecule has 30 heavy (non-hydrogen) atoms. The van der Waals surface area contributed by atoms with E-state index in [4.69, 9.17) is 21.1 Å². The van der Waals surface area contributed by atoms with Crippen LogP contribution in [0.3, 0.4) is 0 Å². The lowest BCUT2D eigenvalue weighted by atomic mass is 10.2. The van der Waals surface area contributed by atoms with Gasteiger partial charge < -0.3 is 9.47 Å². The zero-order valence-electron chi connectivity index (χ0n) is 15.3. The highest BCUT2D eigenvalue weighted by Gasteiger charge is 2.24. The molecule has 7 heteroatoms. The number of nitrogens with zero attached hydrogens (tertiary/aromatic N) is 1. The molecule has 4 rings (SSSR count). The number of rotatable bonds is 4. The summed E-state index contributed by atoms with van der Waals surface area (Å²) in [6.07, 6.45) is 1.60. The van der Waals surface area contributed by atoms with Crippen LogP contribution in [0, 0.1) is 0 Å². The van der Waals surface area contributed by atoms with Gasteiger partial charge in [0.15, 0.2) is 5.70 Å². The van der Waals surface area contributed by atoms with Crippen LogP contribution >= 0.6 is 27.5 Å². The lowest BCUT2D eigenvalue weighted by molar-refractivity contribution is -0.129. The van der Waals surface area contributed by atoms with Crippen molar-refractivity contribution in [3.05, 3.63) is 105 Å². The molecule has 0 spiro atoms. The Balaban J connectivity index is 1.48. The summed E-state index contributed by atoms with van der Waals surface area (Å²) in [4.78, 5) is 28.6. The second kappa shape index (κ2) is 8.65. The standard InChI is InChI=1S/C23H13BrClNO4/c24-17-3-1-2-16(13-17)22(27)29-19-10-4-14(5-11-19)12-20-23(28)30-21(26-20)15-6-8-18(25)9-7-15/h1-13H/b20-12-. The topological polar surface area (TPSA) is 65.0 Å². The maximum atomic E-state index is 12.2. The van der Waals surface area contributed by atoms with Crippen LogP contribution in [0.5, 0.6) is 5.75 Å². The Morgan fingerprint density at radius 3 is 2.47 bits per heavy atom. The van der Waals surface area contributed by atoms with E-state index in [2.05, 4.69) is 20.9 Å². The molecule has 0 fully saturated rings. The van der Waals surface area contributed by atoms with E-state index >= 15 is 0 Å². The monoisotopic (exact) mass is 481 g/mol. The zero-order valence-corrected chi connectivity index (χ0v) is 17.7. The number of hydrogen-bond acceptors (Lipinski definition) is 5. The highest BCUT2D eigenvalue weighted by atomic mass is 79.9. The molecule has 0 radical (unpaired) electrons. The first-order valence-corrected chi connectivity index (χ1v) is 10.0. The van der Waals surface area contributed by atoms with Crippen molar-refractivity contribution in [3.63, 3.8) is 0 Å². The molecule has 1 aliphatic heterocycles. The molecule has 0 saturated heterocycles. The van der Waals surface area contributed by atoms with Crippen LogP contribution in [-0.4, -0.2) is 17.8 Å². The summed E-state index contributed by atoms with van der Waals surface area (Å²) in [6.45, 7) is 0. The molecule has 0 unspecified atom stereocenters. The van der Waals surface area contributed by atoms with Crippen LogP contribution in [0.25, 0.3) is 6.08 Å². The predicted octanol–water partition coefficient (Wildman–Crippen LogP) is 5.67. The Kier molecular flexibility index (Phi) is 5.79. The smallest absolute Gasteiger partial charge is 0.363 e. The molecule has 0 bridgehead atoms. The van der Waals surface area contributed by atoms with Crippen LogP contribution < -0.4 is 4.74 Å². The van der Waals surface area contributed by atoms with Crippen molar-refractivity contribution in [2.24, 2.45) is 4.99 Å². The van der Waals surface area contributed by atoms with E-state index in [9.17, 15) is 9.59 Å². The van der Waals surface area contributed by atoms with E-state index in [1.807, 2.05) is 6.07 Å². The summed E-state index contributed by atoms with van der Waals surface area (Å²) in [5, 5.41) is 0.583. The summed E-state index contributed by atoms with van der Waals surface area (Å²) in [5.41, 5.74) is 1.99. The molecule has 0 aromatic heterocycles. The first-order chi connectivity index (χ1) is 14.5. The predicted molar refractivity (Wildman–Crippen MR) is 118 cm³/mol. The lowest BCUT2D eigenvalue weighted by Crippen LogP contribution is -2.08. The maximum Gasteiger partial charge on any atom is 0.363 e. The number of hydrogen-bond donors (Lipinski definition) is 0. The van der Waals surface area contributed by atoms with Gasteiger partial charge in [-0.05, 0) is 66.2 Å². The highest BCUT2D eigenvalue weighted by molar-refractivity contribution is 9.10. The van der Waals surface area contributed by atoms with Gasteiger partial charge in [0.25, 0.3) is 0 Å². The first kappa shape index (κ1) is 20.1. The van der Waals surface area contributed by atoms with Gasteiger partial charge in [0.1, 0.15) is 5.75 Å². The van der Waals surface area contributed by atoms with Crippen LogP contribution in [0.4, 0.5) is 0 Å². The maximum absolute atomic E-state index is 12.2. The number of esters is 2. The quantitative estimate of drug-likeness (QED) is 0.273. The number of benzene rings is 3. The van der Waals surface area contributed by atoms with Crippen molar-refractivity contribution in [3.8, 4) is 5.75 Å². The Morgan fingerprint density at radius 2 is 1.77 bits per heavy atom. The third-order valence-corrected chi connectivity index (χ3v) is 4.91. The minimum absolute atomic E-state index is 0.179. The highest BCUT2D eigenvalue weighted by Crippen LogP contribution is 2.22. The zero-order chi connectivity index (χ0) is 21.1. The second-order valence-electron chi connectivity index (χ2n) is 6.31. The van der Waals surface area contributed by atoms with Gasteiger partial charge in [-0.25, -0.2) is 14.6 Å². The second-order valence-corrected chi connectivity index (χ2v) is 7.66. The van der Waals surface area contributed by atoms with Crippen molar-refractivity contribution in [1.29, 1.82) is 0 Å². The summed E-state index contributed by atoms with van der Waals surface area (Å²) in [6, 6.07) is 20.5. The first-order valence-electron chi connectivity index (χ1n) is 8.84. The average molecular weight is 483 g/mol. The lowest BCUT2D eigenvalue weighted by Gasteiger charge is -2.05. The van der Waals surface area contributed by atoms with E-state index in [1.54, 1.807) is 72.8 Å². The molecule has 1 aliphatic rings. The van der Waals surface area contributed by atoms with Gasteiger partial charge in [0.2, 0.25) is 5.90 Å². The van der Waals surface area contributed by atoms with Crippen LogP contribution in [0.15, 0.2) is 88.0 Å². The Hall–Kier alpha value is -3.22. The number of carbonyl (C=O) groups excluding carboxylic acids is 2. The third kappa shape index (κ3) is 4.67. The molecule has 0 amide bonds. The number of aliphatic imine (C=N–C) groups is 1. The molecule has 1 heterocycles. The van der Waals surface area contributed by atoms with Gasteiger partial charge >= 0.3 is 11.9 Å². The van der Waals surface area contributed by atoms with Crippen molar-refractivity contribution < 1.29 is 19.1 Å².